The van der Waals surface area contributed by atoms with Crippen LogP contribution in [0.2, 0.25) is 0 Å². The van der Waals surface area contributed by atoms with Crippen molar-refractivity contribution < 1.29 is 4.79 Å². The number of H-pyrrole nitrogens is 1. The molecule has 0 saturated carbocycles. The van der Waals surface area contributed by atoms with E-state index in [1.807, 2.05) is 18.2 Å². The number of hydrogen-bond donors (Lipinski definition) is 2. The summed E-state index contributed by atoms with van der Waals surface area (Å²) in [6.07, 6.45) is 1.52. The second kappa shape index (κ2) is 10.9. The molecule has 0 aliphatic heterocycles. The Balaban J connectivity index is 1.45. The number of para-hydroxylation sites is 1. The van der Waals surface area contributed by atoms with E-state index in [-0.39, 0.29) is 24.4 Å². The molecule has 0 spiro atoms. The van der Waals surface area contributed by atoms with E-state index >= 15 is 0 Å². The number of rotatable bonds is 10. The maximum absolute atomic E-state index is 12.6. The Morgan fingerprint density at radius 1 is 1.13 bits per heavy atom. The van der Waals surface area contributed by atoms with Crippen LogP contribution in [0.4, 0.5) is 5.69 Å². The Morgan fingerprint density at radius 3 is 2.65 bits per heavy atom. The van der Waals surface area contributed by atoms with Crippen LogP contribution < -0.4 is 21.5 Å². The molecule has 164 valence electrons. The zero-order valence-electron chi connectivity index (χ0n) is 17.6. The Labute approximate surface area is 189 Å². The summed E-state index contributed by atoms with van der Waals surface area (Å²) in [5.41, 5.74) is 0.875. The van der Waals surface area contributed by atoms with Crippen molar-refractivity contribution in [3.05, 3.63) is 73.8 Å². The van der Waals surface area contributed by atoms with Gasteiger partial charge in [0.15, 0.2) is 0 Å². The van der Waals surface area contributed by atoms with Gasteiger partial charge in [0.25, 0.3) is 5.56 Å². The lowest BCUT2D eigenvalue weighted by Gasteiger charge is -2.23. The summed E-state index contributed by atoms with van der Waals surface area (Å²) in [5.74, 6) is -0.0734. The summed E-state index contributed by atoms with van der Waals surface area (Å²) in [6, 6.07) is 15.3. The van der Waals surface area contributed by atoms with Crippen molar-refractivity contribution in [2.24, 2.45) is 0 Å². The first-order valence-corrected chi connectivity index (χ1v) is 11.3. The zero-order valence-corrected chi connectivity index (χ0v) is 19.2. The first kappa shape index (κ1) is 22.8. The molecule has 8 heteroatoms. The molecule has 3 rings (SSSR count). The van der Waals surface area contributed by atoms with Crippen molar-refractivity contribution in [1.29, 1.82) is 0 Å². The average molecular weight is 487 g/mol. The minimum absolute atomic E-state index is 0.0734. The predicted octanol–water partition coefficient (Wildman–Crippen LogP) is 3.27. The molecule has 2 aromatic carbocycles. The SMILES string of the molecule is CCN(CCCNC(=O)CCCn1c(=O)[nH]c2ccc(Br)cc2c1=O)c1ccccc1. The van der Waals surface area contributed by atoms with Gasteiger partial charge in [-0.05, 0) is 50.1 Å². The number of amides is 1. The van der Waals surface area contributed by atoms with Gasteiger partial charge >= 0.3 is 5.69 Å². The number of aromatic nitrogens is 2. The van der Waals surface area contributed by atoms with Crippen molar-refractivity contribution >= 4 is 38.4 Å². The first-order chi connectivity index (χ1) is 15.0. The fourth-order valence-electron chi connectivity index (χ4n) is 3.52. The van der Waals surface area contributed by atoms with Crippen LogP contribution in [0.15, 0.2) is 62.6 Å². The molecule has 1 heterocycles. The Morgan fingerprint density at radius 2 is 1.90 bits per heavy atom. The van der Waals surface area contributed by atoms with Gasteiger partial charge in [-0.3, -0.25) is 14.2 Å². The van der Waals surface area contributed by atoms with Crippen molar-refractivity contribution in [1.82, 2.24) is 14.9 Å². The van der Waals surface area contributed by atoms with E-state index in [9.17, 15) is 14.4 Å². The number of anilines is 1. The molecule has 31 heavy (non-hydrogen) atoms. The summed E-state index contributed by atoms with van der Waals surface area (Å²) < 4.78 is 1.92. The molecule has 0 unspecified atom stereocenters. The number of hydrogen-bond acceptors (Lipinski definition) is 4. The van der Waals surface area contributed by atoms with Gasteiger partial charge in [-0.15, -0.1) is 0 Å². The Kier molecular flexibility index (Phi) is 8.06. The van der Waals surface area contributed by atoms with E-state index in [1.165, 1.54) is 5.69 Å². The van der Waals surface area contributed by atoms with E-state index < -0.39 is 5.69 Å². The van der Waals surface area contributed by atoms with E-state index in [2.05, 4.69) is 50.2 Å². The first-order valence-electron chi connectivity index (χ1n) is 10.5. The highest BCUT2D eigenvalue weighted by molar-refractivity contribution is 9.10. The highest BCUT2D eigenvalue weighted by atomic mass is 79.9. The molecule has 0 atom stereocenters. The van der Waals surface area contributed by atoms with Crippen LogP contribution in [0.1, 0.15) is 26.2 Å². The van der Waals surface area contributed by atoms with Crippen molar-refractivity contribution in [3.63, 3.8) is 0 Å². The summed E-state index contributed by atoms with van der Waals surface area (Å²) >= 11 is 3.34. The number of halogens is 1. The molecule has 0 radical (unpaired) electrons. The molecule has 1 aromatic heterocycles. The van der Waals surface area contributed by atoms with Gasteiger partial charge in [0.1, 0.15) is 0 Å². The van der Waals surface area contributed by atoms with Gasteiger partial charge in [0.05, 0.1) is 10.9 Å². The van der Waals surface area contributed by atoms with Gasteiger partial charge in [0.2, 0.25) is 5.91 Å². The van der Waals surface area contributed by atoms with Crippen LogP contribution in [0.25, 0.3) is 10.9 Å². The quantitative estimate of drug-likeness (QED) is 0.430. The van der Waals surface area contributed by atoms with Gasteiger partial charge in [-0.2, -0.15) is 0 Å². The third-order valence-electron chi connectivity index (χ3n) is 5.16. The number of carbonyl (C=O) groups excluding carboxylic acids is 1. The van der Waals surface area contributed by atoms with Gasteiger partial charge in [-0.1, -0.05) is 34.1 Å². The van der Waals surface area contributed by atoms with Crippen molar-refractivity contribution in [2.45, 2.75) is 32.7 Å². The Bertz CT molecular complexity index is 1140. The fraction of sp³-hybridized carbons (Fsp3) is 0.348. The monoisotopic (exact) mass is 486 g/mol. The minimum Gasteiger partial charge on any atom is -0.372 e. The highest BCUT2D eigenvalue weighted by Gasteiger charge is 2.09. The van der Waals surface area contributed by atoms with Gasteiger partial charge in [0, 0.05) is 42.8 Å². The van der Waals surface area contributed by atoms with Crippen LogP contribution in [0.3, 0.4) is 0 Å². The van der Waals surface area contributed by atoms with Crippen molar-refractivity contribution in [3.8, 4) is 0 Å². The summed E-state index contributed by atoms with van der Waals surface area (Å²) in [5, 5.41) is 3.36. The lowest BCUT2D eigenvalue weighted by molar-refractivity contribution is -0.121. The molecule has 0 fully saturated rings. The molecule has 1 amide bonds. The van der Waals surface area contributed by atoms with Crippen LogP contribution in [-0.2, 0) is 11.3 Å². The number of benzene rings is 2. The highest BCUT2D eigenvalue weighted by Crippen LogP contribution is 2.14. The molecular formula is C23H27BrN4O3. The lowest BCUT2D eigenvalue weighted by atomic mass is 10.2. The number of nitrogens with zero attached hydrogens (tertiary/aromatic N) is 2. The average Bonchev–Trinajstić information content (AvgIpc) is 2.77. The van der Waals surface area contributed by atoms with Crippen LogP contribution in [0.5, 0.6) is 0 Å². The van der Waals surface area contributed by atoms with Gasteiger partial charge in [-0.25, -0.2) is 4.79 Å². The predicted molar refractivity (Wildman–Crippen MR) is 128 cm³/mol. The third-order valence-corrected chi connectivity index (χ3v) is 5.65. The molecule has 0 saturated heterocycles. The third kappa shape index (κ3) is 6.07. The lowest BCUT2D eigenvalue weighted by Crippen LogP contribution is -2.35. The Hall–Kier alpha value is -2.87. The number of aromatic amines is 1. The van der Waals surface area contributed by atoms with Crippen LogP contribution >= 0.6 is 15.9 Å². The van der Waals surface area contributed by atoms with Crippen LogP contribution in [0, 0.1) is 0 Å². The molecule has 3 aromatic rings. The maximum atomic E-state index is 12.6. The second-order valence-electron chi connectivity index (χ2n) is 7.30. The molecule has 2 N–H and O–H groups in total. The van der Waals surface area contributed by atoms with E-state index in [1.54, 1.807) is 18.2 Å². The smallest absolute Gasteiger partial charge is 0.328 e. The second-order valence-corrected chi connectivity index (χ2v) is 8.21. The topological polar surface area (TPSA) is 87.2 Å². The summed E-state index contributed by atoms with van der Waals surface area (Å²) in [4.78, 5) is 42.0. The molecule has 7 nitrogen and oxygen atoms in total. The normalized spacial score (nSPS) is 10.9. The van der Waals surface area contributed by atoms with E-state index in [0.717, 1.165) is 28.6 Å². The molecule has 0 aliphatic carbocycles. The van der Waals surface area contributed by atoms with Crippen molar-refractivity contribution in [2.75, 3.05) is 24.5 Å². The molecule has 0 aliphatic rings. The van der Waals surface area contributed by atoms with E-state index in [4.69, 9.17) is 0 Å². The van der Waals surface area contributed by atoms with E-state index in [0.29, 0.717) is 23.9 Å². The van der Waals surface area contributed by atoms with Crippen LogP contribution in [-0.4, -0.2) is 35.1 Å². The number of nitrogens with one attached hydrogen (secondary N) is 2. The standard InChI is InChI=1S/C23H27BrN4O3/c1-2-27(18-8-4-3-5-9-18)14-7-13-25-21(29)10-6-15-28-22(30)19-16-17(24)11-12-20(19)26-23(28)31/h3-5,8-9,11-12,16H,2,6-7,10,13-15H2,1H3,(H,25,29)(H,26,31). The zero-order chi connectivity index (χ0) is 22.2. The number of fused-ring (bicyclic) bond motifs is 1. The van der Waals surface area contributed by atoms with Gasteiger partial charge < -0.3 is 15.2 Å². The number of carbonyl (C=O) groups is 1. The summed E-state index contributed by atoms with van der Waals surface area (Å²) in [7, 11) is 0. The largest absolute Gasteiger partial charge is 0.372 e. The molecule has 0 bridgehead atoms. The fourth-order valence-corrected chi connectivity index (χ4v) is 3.88. The molecular weight excluding hydrogens is 460 g/mol. The minimum atomic E-state index is -0.458. The summed E-state index contributed by atoms with van der Waals surface area (Å²) in [6.45, 7) is 4.66. The maximum Gasteiger partial charge on any atom is 0.328 e.